The average molecular weight is 375 g/mol. The highest BCUT2D eigenvalue weighted by Gasteiger charge is 2.38. The molecule has 2 N–H and O–H groups in total. The Hall–Kier alpha value is -2.44. The Morgan fingerprint density at radius 3 is 2.60 bits per heavy atom. The molecular weight excluding hydrogens is 363 g/mol. The summed E-state index contributed by atoms with van der Waals surface area (Å²) in [4.78, 5) is 37.0. The molecule has 3 aromatic rings. The zero-order valence-corrected chi connectivity index (χ0v) is 14.8. The van der Waals surface area contributed by atoms with Gasteiger partial charge in [-0.25, -0.2) is 9.78 Å². The number of aliphatic imine (C=N–C) groups is 1. The second kappa shape index (κ2) is 5.28. The van der Waals surface area contributed by atoms with Gasteiger partial charge in [-0.05, 0) is 32.0 Å². The molecule has 0 saturated carbocycles. The van der Waals surface area contributed by atoms with E-state index in [9.17, 15) is 9.59 Å². The summed E-state index contributed by atoms with van der Waals surface area (Å²) in [7, 11) is 0. The number of hydrogen-bond donors (Lipinski definition) is 2. The van der Waals surface area contributed by atoms with E-state index in [0.29, 0.717) is 21.3 Å². The van der Waals surface area contributed by atoms with Gasteiger partial charge in [0.05, 0.1) is 16.8 Å². The standard InChI is InChI=1S/C17H12Cl2N4O2/c1-17(2)12-10(19)4-8(18)5-11(12)21-13(17)7-3-9-14(20-6-7)22-16(25)23-15(9)24/h3-6H,1-2H3,(H2,20,22,23,24,25). The fraction of sp³-hybridized carbons (Fsp3) is 0.176. The van der Waals surface area contributed by atoms with Gasteiger partial charge in [0, 0.05) is 32.8 Å². The van der Waals surface area contributed by atoms with E-state index in [-0.39, 0.29) is 11.0 Å². The van der Waals surface area contributed by atoms with E-state index < -0.39 is 16.7 Å². The van der Waals surface area contributed by atoms with Crippen molar-refractivity contribution in [1.82, 2.24) is 15.0 Å². The van der Waals surface area contributed by atoms with Gasteiger partial charge in [-0.15, -0.1) is 0 Å². The molecule has 0 radical (unpaired) electrons. The lowest BCUT2D eigenvalue weighted by Crippen LogP contribution is -2.28. The molecule has 0 bridgehead atoms. The van der Waals surface area contributed by atoms with E-state index in [4.69, 9.17) is 23.2 Å². The molecule has 126 valence electrons. The average Bonchev–Trinajstić information content (AvgIpc) is 2.77. The first-order chi connectivity index (χ1) is 11.8. The fourth-order valence-electron chi connectivity index (χ4n) is 3.25. The molecule has 3 heterocycles. The molecule has 1 aliphatic rings. The van der Waals surface area contributed by atoms with Crippen LogP contribution in [0.2, 0.25) is 10.0 Å². The van der Waals surface area contributed by atoms with E-state index in [1.54, 1.807) is 24.4 Å². The van der Waals surface area contributed by atoms with Crippen LogP contribution in [0.4, 0.5) is 5.69 Å². The van der Waals surface area contributed by atoms with Gasteiger partial charge in [-0.1, -0.05) is 23.2 Å². The van der Waals surface area contributed by atoms with Crippen molar-refractivity contribution in [2.75, 3.05) is 0 Å². The summed E-state index contributed by atoms with van der Waals surface area (Å²) in [6.45, 7) is 4.00. The third-order valence-electron chi connectivity index (χ3n) is 4.35. The number of fused-ring (bicyclic) bond motifs is 2. The molecule has 0 aliphatic carbocycles. The minimum absolute atomic E-state index is 0.229. The van der Waals surface area contributed by atoms with Crippen LogP contribution in [-0.4, -0.2) is 20.7 Å². The number of hydrogen-bond acceptors (Lipinski definition) is 4. The molecule has 2 aromatic heterocycles. The normalized spacial score (nSPS) is 15.3. The maximum absolute atomic E-state index is 12.1. The minimum Gasteiger partial charge on any atom is -0.291 e. The van der Waals surface area contributed by atoms with Crippen molar-refractivity contribution in [3.63, 3.8) is 0 Å². The predicted octanol–water partition coefficient (Wildman–Crippen LogP) is 3.33. The van der Waals surface area contributed by atoms with E-state index in [1.807, 2.05) is 13.8 Å². The van der Waals surface area contributed by atoms with E-state index in [2.05, 4.69) is 19.9 Å². The number of aromatic nitrogens is 3. The van der Waals surface area contributed by atoms with Crippen LogP contribution in [0.15, 0.2) is 39.0 Å². The molecule has 0 atom stereocenters. The van der Waals surface area contributed by atoms with Gasteiger partial charge in [-0.2, -0.15) is 0 Å². The highest BCUT2D eigenvalue weighted by Crippen LogP contribution is 2.46. The topological polar surface area (TPSA) is 91.0 Å². The molecule has 0 amide bonds. The second-order valence-electron chi connectivity index (χ2n) is 6.40. The molecule has 0 saturated heterocycles. The Morgan fingerprint density at radius 1 is 1.08 bits per heavy atom. The monoisotopic (exact) mass is 374 g/mol. The Balaban J connectivity index is 1.95. The molecule has 0 spiro atoms. The van der Waals surface area contributed by atoms with Crippen molar-refractivity contribution >= 4 is 45.6 Å². The first-order valence-corrected chi connectivity index (χ1v) is 8.24. The lowest BCUT2D eigenvalue weighted by Gasteiger charge is -2.23. The summed E-state index contributed by atoms with van der Waals surface area (Å²) < 4.78 is 0. The van der Waals surface area contributed by atoms with Crippen LogP contribution in [0.3, 0.4) is 0 Å². The van der Waals surface area contributed by atoms with Crippen molar-refractivity contribution < 1.29 is 0 Å². The van der Waals surface area contributed by atoms with Crippen molar-refractivity contribution in [3.05, 3.63) is 66.4 Å². The number of nitrogens with one attached hydrogen (secondary N) is 2. The van der Waals surface area contributed by atoms with Crippen molar-refractivity contribution in [1.29, 1.82) is 0 Å². The molecule has 0 fully saturated rings. The quantitative estimate of drug-likeness (QED) is 0.684. The zero-order valence-electron chi connectivity index (χ0n) is 13.3. The number of H-pyrrole nitrogens is 2. The number of halogens is 2. The van der Waals surface area contributed by atoms with Gasteiger partial charge in [-0.3, -0.25) is 19.8 Å². The number of aromatic amines is 2. The van der Waals surface area contributed by atoms with Crippen molar-refractivity contribution in [2.45, 2.75) is 19.3 Å². The summed E-state index contributed by atoms with van der Waals surface area (Å²) in [6.07, 6.45) is 1.58. The SMILES string of the molecule is CC1(C)C(c2cnc3[nH]c(=O)[nH]c(=O)c3c2)=Nc2cc(Cl)cc(Cl)c21. The lowest BCUT2D eigenvalue weighted by molar-refractivity contribution is 0.737. The Kier molecular flexibility index (Phi) is 3.39. The highest BCUT2D eigenvalue weighted by molar-refractivity contribution is 6.36. The maximum Gasteiger partial charge on any atom is 0.327 e. The zero-order chi connectivity index (χ0) is 17.9. The maximum atomic E-state index is 12.1. The van der Waals surface area contributed by atoms with Crippen molar-refractivity contribution in [2.24, 2.45) is 4.99 Å². The third-order valence-corrected chi connectivity index (χ3v) is 4.86. The van der Waals surface area contributed by atoms with Crippen LogP contribution in [0, 0.1) is 0 Å². The Morgan fingerprint density at radius 2 is 1.84 bits per heavy atom. The smallest absolute Gasteiger partial charge is 0.291 e. The number of pyridine rings is 1. The van der Waals surface area contributed by atoms with E-state index in [1.165, 1.54) is 0 Å². The number of rotatable bonds is 1. The van der Waals surface area contributed by atoms with Crippen LogP contribution < -0.4 is 11.2 Å². The van der Waals surface area contributed by atoms with Gasteiger partial charge in [0.15, 0.2) is 0 Å². The molecule has 1 aromatic carbocycles. The molecule has 25 heavy (non-hydrogen) atoms. The molecule has 1 aliphatic heterocycles. The fourth-order valence-corrected chi connectivity index (χ4v) is 3.97. The first kappa shape index (κ1) is 16.1. The number of benzene rings is 1. The summed E-state index contributed by atoms with van der Waals surface area (Å²) in [6, 6.07) is 5.12. The molecule has 6 nitrogen and oxygen atoms in total. The van der Waals surface area contributed by atoms with E-state index in [0.717, 1.165) is 11.3 Å². The Labute approximate surface area is 151 Å². The van der Waals surface area contributed by atoms with Crippen molar-refractivity contribution in [3.8, 4) is 0 Å². The third kappa shape index (κ3) is 2.41. The minimum atomic E-state index is -0.592. The predicted molar refractivity (Wildman–Crippen MR) is 98.7 cm³/mol. The summed E-state index contributed by atoms with van der Waals surface area (Å²) in [5.41, 5.74) is 1.64. The van der Waals surface area contributed by atoms with Gasteiger partial charge in [0.25, 0.3) is 5.56 Å². The van der Waals surface area contributed by atoms with Gasteiger partial charge in [0.2, 0.25) is 0 Å². The summed E-state index contributed by atoms with van der Waals surface area (Å²) >= 11 is 12.5. The van der Waals surface area contributed by atoms with Gasteiger partial charge in [0.1, 0.15) is 5.65 Å². The molecule has 8 heteroatoms. The second-order valence-corrected chi connectivity index (χ2v) is 7.24. The van der Waals surface area contributed by atoms with Gasteiger partial charge < -0.3 is 0 Å². The largest absolute Gasteiger partial charge is 0.327 e. The van der Waals surface area contributed by atoms with Crippen LogP contribution in [-0.2, 0) is 5.41 Å². The van der Waals surface area contributed by atoms with Crippen LogP contribution in [0.25, 0.3) is 11.0 Å². The molecule has 0 unspecified atom stereocenters. The van der Waals surface area contributed by atoms with Crippen LogP contribution in [0.1, 0.15) is 25.0 Å². The summed E-state index contributed by atoms with van der Waals surface area (Å²) in [5, 5.41) is 1.34. The van der Waals surface area contributed by atoms with Crippen LogP contribution in [0.5, 0.6) is 0 Å². The van der Waals surface area contributed by atoms with Gasteiger partial charge >= 0.3 is 5.69 Å². The molecular formula is C17H12Cl2N4O2. The summed E-state index contributed by atoms with van der Waals surface area (Å²) in [5.74, 6) is 0. The highest BCUT2D eigenvalue weighted by atomic mass is 35.5. The molecule has 4 rings (SSSR count). The number of nitrogens with zero attached hydrogens (tertiary/aromatic N) is 2. The first-order valence-electron chi connectivity index (χ1n) is 7.49. The van der Waals surface area contributed by atoms with Crippen LogP contribution >= 0.6 is 23.2 Å². The van der Waals surface area contributed by atoms with E-state index >= 15 is 0 Å². The Bertz CT molecular complexity index is 1190. The lowest BCUT2D eigenvalue weighted by atomic mass is 9.79.